The molecular formula is C5H7F2NO. The Morgan fingerprint density at radius 2 is 2.22 bits per heavy atom. The molecule has 1 aliphatic heterocycles. The first-order valence-corrected chi connectivity index (χ1v) is 2.77. The van der Waals surface area contributed by atoms with Crippen molar-refractivity contribution in [3.05, 3.63) is 0 Å². The predicted octanol–water partition coefficient (Wildman–Crippen LogP) is 0.183. The number of Topliss-reactive ketones (excluding diaryl/α,β-unsaturated/α-hetero) is 1. The Labute approximate surface area is 51.2 Å². The number of rotatable bonds is 0. The maximum Gasteiger partial charge on any atom is 0.215 e. The van der Waals surface area contributed by atoms with E-state index in [1.165, 1.54) is 0 Å². The molecule has 0 bridgehead atoms. The van der Waals surface area contributed by atoms with Gasteiger partial charge in [0.1, 0.15) is 0 Å². The van der Waals surface area contributed by atoms with E-state index in [0.717, 1.165) is 0 Å². The minimum Gasteiger partial charge on any atom is -0.292 e. The first kappa shape index (κ1) is 6.61. The molecule has 52 valence electrons. The third-order valence-corrected chi connectivity index (χ3v) is 1.28. The van der Waals surface area contributed by atoms with Gasteiger partial charge >= 0.3 is 0 Å². The summed E-state index contributed by atoms with van der Waals surface area (Å²) in [6.07, 6.45) is -3.28. The molecule has 2 atom stereocenters. The summed E-state index contributed by atoms with van der Waals surface area (Å²) in [6.45, 7) is 0.244. The molecule has 2 unspecified atom stereocenters. The number of piperidine rings is 1. The maximum atomic E-state index is 12.2. The Kier molecular flexibility index (Phi) is 1.75. The highest BCUT2D eigenvalue weighted by molar-refractivity contribution is 5.87. The molecule has 0 saturated carbocycles. The van der Waals surface area contributed by atoms with Crippen LogP contribution in [0.4, 0.5) is 8.78 Å². The van der Waals surface area contributed by atoms with Gasteiger partial charge in [-0.15, -0.1) is 0 Å². The van der Waals surface area contributed by atoms with Crippen molar-refractivity contribution in [2.75, 3.05) is 6.54 Å². The summed E-state index contributed by atoms with van der Waals surface area (Å²) in [4.78, 5) is 10.3. The van der Waals surface area contributed by atoms with Crippen LogP contribution in [0.5, 0.6) is 0 Å². The van der Waals surface area contributed by atoms with Crippen LogP contribution >= 0.6 is 0 Å². The van der Waals surface area contributed by atoms with Crippen molar-refractivity contribution >= 4 is 5.78 Å². The molecule has 0 aromatic heterocycles. The smallest absolute Gasteiger partial charge is 0.215 e. The Balaban J connectivity index is 2.52. The number of alkyl halides is 2. The zero-order valence-electron chi connectivity index (χ0n) is 4.73. The second-order valence-corrected chi connectivity index (χ2v) is 1.98. The number of ketones is 1. The van der Waals surface area contributed by atoms with Crippen molar-refractivity contribution in [1.29, 1.82) is 0 Å². The van der Waals surface area contributed by atoms with Gasteiger partial charge in [0.25, 0.3) is 0 Å². The van der Waals surface area contributed by atoms with Crippen molar-refractivity contribution in [2.24, 2.45) is 0 Å². The molecule has 0 aromatic carbocycles. The van der Waals surface area contributed by atoms with Crippen LogP contribution in [0.1, 0.15) is 6.42 Å². The van der Waals surface area contributed by atoms with E-state index in [9.17, 15) is 13.6 Å². The molecule has 1 aliphatic rings. The molecule has 4 heteroatoms. The van der Waals surface area contributed by atoms with Crippen molar-refractivity contribution < 1.29 is 13.6 Å². The van der Waals surface area contributed by atoms with Gasteiger partial charge in [-0.2, -0.15) is 0 Å². The van der Waals surface area contributed by atoms with Crippen LogP contribution < -0.4 is 5.32 Å². The van der Waals surface area contributed by atoms with Gasteiger partial charge in [-0.1, -0.05) is 0 Å². The van der Waals surface area contributed by atoms with E-state index in [2.05, 4.69) is 5.32 Å². The molecule has 1 fully saturated rings. The lowest BCUT2D eigenvalue weighted by molar-refractivity contribution is -0.132. The Bertz CT molecular complexity index is 116. The fraction of sp³-hybridized carbons (Fsp3) is 0.800. The lowest BCUT2D eigenvalue weighted by atomic mass is 10.1. The van der Waals surface area contributed by atoms with Gasteiger partial charge in [0, 0.05) is 6.54 Å². The lowest BCUT2D eigenvalue weighted by Crippen LogP contribution is -2.44. The van der Waals surface area contributed by atoms with Crippen LogP contribution in [-0.4, -0.2) is 24.8 Å². The van der Waals surface area contributed by atoms with Gasteiger partial charge in [0.05, 0.1) is 0 Å². The van der Waals surface area contributed by atoms with Crippen LogP contribution in [0.25, 0.3) is 0 Å². The second-order valence-electron chi connectivity index (χ2n) is 1.98. The van der Waals surface area contributed by atoms with Crippen LogP contribution in [0.3, 0.4) is 0 Å². The highest BCUT2D eigenvalue weighted by Gasteiger charge is 2.30. The van der Waals surface area contributed by atoms with Gasteiger partial charge < -0.3 is 0 Å². The summed E-state index contributed by atoms with van der Waals surface area (Å²) in [7, 11) is 0. The fourth-order valence-electron chi connectivity index (χ4n) is 0.738. The van der Waals surface area contributed by atoms with E-state index >= 15 is 0 Å². The van der Waals surface area contributed by atoms with E-state index < -0.39 is 18.3 Å². The van der Waals surface area contributed by atoms with Crippen LogP contribution in [0.2, 0.25) is 0 Å². The molecule has 0 aromatic rings. The molecule has 0 spiro atoms. The van der Waals surface area contributed by atoms with Crippen LogP contribution in [0.15, 0.2) is 0 Å². The standard InChI is InChI=1S/C5H7F2NO/c6-3-1-2-8-5(7)4(3)9/h3,5,8H,1-2H2. The average molecular weight is 135 g/mol. The molecule has 2 nitrogen and oxygen atoms in total. The van der Waals surface area contributed by atoms with Gasteiger partial charge in [0.15, 0.2) is 6.17 Å². The Morgan fingerprint density at radius 1 is 1.56 bits per heavy atom. The number of halogens is 2. The number of carbonyl (C=O) groups excluding carboxylic acids is 1. The Hall–Kier alpha value is -0.510. The van der Waals surface area contributed by atoms with E-state index in [0.29, 0.717) is 0 Å². The normalized spacial score (nSPS) is 36.9. The minimum atomic E-state index is -1.78. The van der Waals surface area contributed by atoms with Crippen molar-refractivity contribution in [3.63, 3.8) is 0 Å². The highest BCUT2D eigenvalue weighted by atomic mass is 19.1. The fourth-order valence-corrected chi connectivity index (χ4v) is 0.738. The summed E-state index contributed by atoms with van der Waals surface area (Å²) in [5, 5.41) is 2.21. The van der Waals surface area contributed by atoms with Crippen LogP contribution in [-0.2, 0) is 4.79 Å². The summed E-state index contributed by atoms with van der Waals surface area (Å²) in [5.74, 6) is -0.971. The average Bonchev–Trinajstić information content (AvgIpc) is 1.83. The summed E-state index contributed by atoms with van der Waals surface area (Å²) in [5.41, 5.74) is 0. The molecule has 1 rings (SSSR count). The largest absolute Gasteiger partial charge is 0.292 e. The predicted molar refractivity (Wildman–Crippen MR) is 27.4 cm³/mol. The zero-order valence-corrected chi connectivity index (χ0v) is 4.73. The van der Waals surface area contributed by atoms with E-state index in [-0.39, 0.29) is 13.0 Å². The number of hydrogen-bond acceptors (Lipinski definition) is 2. The van der Waals surface area contributed by atoms with Gasteiger partial charge in [0.2, 0.25) is 12.1 Å². The van der Waals surface area contributed by atoms with E-state index in [1.807, 2.05) is 0 Å². The topological polar surface area (TPSA) is 29.1 Å². The molecule has 1 N–H and O–H groups in total. The molecule has 0 aliphatic carbocycles. The van der Waals surface area contributed by atoms with Crippen LogP contribution in [0, 0.1) is 0 Å². The first-order valence-electron chi connectivity index (χ1n) is 2.77. The summed E-state index contributed by atoms with van der Waals surface area (Å²) < 4.78 is 24.3. The lowest BCUT2D eigenvalue weighted by Gasteiger charge is -2.17. The molecular weight excluding hydrogens is 128 g/mol. The monoisotopic (exact) mass is 135 g/mol. The molecule has 1 heterocycles. The van der Waals surface area contributed by atoms with Gasteiger partial charge in [-0.25, -0.2) is 8.78 Å². The summed E-state index contributed by atoms with van der Waals surface area (Å²) >= 11 is 0. The zero-order chi connectivity index (χ0) is 6.85. The van der Waals surface area contributed by atoms with Crippen molar-refractivity contribution in [2.45, 2.75) is 18.9 Å². The van der Waals surface area contributed by atoms with Crippen molar-refractivity contribution in [3.8, 4) is 0 Å². The second kappa shape index (κ2) is 2.39. The Morgan fingerprint density at radius 3 is 2.67 bits per heavy atom. The molecule has 9 heavy (non-hydrogen) atoms. The third-order valence-electron chi connectivity index (χ3n) is 1.28. The number of nitrogens with one attached hydrogen (secondary N) is 1. The SMILES string of the molecule is O=C1C(F)CCNC1F. The third kappa shape index (κ3) is 1.24. The highest BCUT2D eigenvalue weighted by Crippen LogP contribution is 2.08. The summed E-state index contributed by atoms with van der Waals surface area (Å²) in [6, 6.07) is 0. The molecule has 0 amide bonds. The quantitative estimate of drug-likeness (QED) is 0.480. The van der Waals surface area contributed by atoms with Gasteiger partial charge in [-0.3, -0.25) is 10.1 Å². The van der Waals surface area contributed by atoms with E-state index in [4.69, 9.17) is 0 Å². The minimum absolute atomic E-state index is 0.0965. The number of carbonyl (C=O) groups is 1. The molecule has 0 radical (unpaired) electrons. The number of hydrogen-bond donors (Lipinski definition) is 1. The van der Waals surface area contributed by atoms with E-state index in [1.54, 1.807) is 0 Å². The maximum absolute atomic E-state index is 12.2. The molecule has 1 saturated heterocycles. The van der Waals surface area contributed by atoms with Crippen molar-refractivity contribution in [1.82, 2.24) is 5.32 Å². The first-order chi connectivity index (χ1) is 4.22. The van der Waals surface area contributed by atoms with Gasteiger partial charge in [-0.05, 0) is 6.42 Å².